The predicted octanol–water partition coefficient (Wildman–Crippen LogP) is 3.99. The fourth-order valence-corrected chi connectivity index (χ4v) is 4.97. The summed E-state index contributed by atoms with van der Waals surface area (Å²) >= 11 is 1.37. The molecule has 0 amide bonds. The number of aromatic nitrogens is 5. The number of tetrazole rings is 1. The van der Waals surface area contributed by atoms with Crippen molar-refractivity contribution in [3.8, 4) is 11.3 Å². The molecule has 7 nitrogen and oxygen atoms in total. The largest absolute Gasteiger partial charge is 0.376 e. The smallest absolute Gasteiger partial charge is 0.209 e. The first-order chi connectivity index (χ1) is 15.2. The number of carbonyl (C=O) groups excluding carboxylic acids is 1. The molecule has 1 aliphatic heterocycles. The van der Waals surface area contributed by atoms with E-state index in [2.05, 4.69) is 20.1 Å². The zero-order valence-electron chi connectivity index (χ0n) is 17.3. The third-order valence-corrected chi connectivity index (χ3v) is 6.62. The van der Waals surface area contributed by atoms with Gasteiger partial charge in [-0.05, 0) is 34.9 Å². The summed E-state index contributed by atoms with van der Waals surface area (Å²) in [5.74, 6) is 0.326. The normalized spacial score (nSPS) is 16.2. The molecule has 0 N–H and O–H groups in total. The third kappa shape index (κ3) is 3.88. The maximum absolute atomic E-state index is 13.5. The van der Waals surface area contributed by atoms with Crippen LogP contribution in [0.1, 0.15) is 23.2 Å². The number of ether oxygens (including phenoxy) is 1. The summed E-state index contributed by atoms with van der Waals surface area (Å²) < 4.78 is 9.54. The highest BCUT2D eigenvalue weighted by molar-refractivity contribution is 7.99. The summed E-state index contributed by atoms with van der Waals surface area (Å²) in [6, 6.07) is 18.1. The number of aryl methyl sites for hydroxylation is 1. The Bertz CT molecular complexity index is 1210. The number of thioether (sulfide) groups is 1. The number of rotatable bonds is 7. The molecule has 31 heavy (non-hydrogen) atoms. The lowest BCUT2D eigenvalue weighted by molar-refractivity contribution is 0.0912. The van der Waals surface area contributed by atoms with Gasteiger partial charge in [-0.1, -0.05) is 60.3 Å². The Balaban J connectivity index is 1.44. The Hall–Kier alpha value is -2.97. The van der Waals surface area contributed by atoms with Gasteiger partial charge in [0.15, 0.2) is 5.78 Å². The lowest BCUT2D eigenvalue weighted by atomic mass is 10.0. The Kier molecular flexibility index (Phi) is 5.57. The highest BCUT2D eigenvalue weighted by atomic mass is 32.2. The van der Waals surface area contributed by atoms with E-state index in [0.29, 0.717) is 11.7 Å². The zero-order valence-corrected chi connectivity index (χ0v) is 18.1. The number of Topliss-reactive ketones (excluding diaryl/α,β-unsaturated/α-hetero) is 1. The number of para-hydroxylation sites is 1. The molecule has 0 radical (unpaired) electrons. The van der Waals surface area contributed by atoms with Crippen LogP contribution in [-0.4, -0.2) is 49.0 Å². The minimum atomic E-state index is 0.0623. The fraction of sp³-hybridized carbons (Fsp3) is 0.304. The van der Waals surface area contributed by atoms with Crippen LogP contribution in [0.3, 0.4) is 0 Å². The number of ketones is 1. The highest BCUT2D eigenvalue weighted by Crippen LogP contribution is 2.34. The van der Waals surface area contributed by atoms with E-state index in [1.807, 2.05) is 61.6 Å². The number of fused-ring (bicyclic) bond motifs is 1. The van der Waals surface area contributed by atoms with Crippen molar-refractivity contribution in [2.24, 2.45) is 7.05 Å². The summed E-state index contributed by atoms with van der Waals surface area (Å²) in [6.07, 6.45) is 2.22. The summed E-state index contributed by atoms with van der Waals surface area (Å²) in [6.45, 7) is 1.41. The van der Waals surface area contributed by atoms with Crippen LogP contribution in [0.25, 0.3) is 22.2 Å². The molecule has 0 saturated carbocycles. The van der Waals surface area contributed by atoms with Gasteiger partial charge in [-0.2, -0.15) is 0 Å². The lowest BCUT2D eigenvalue weighted by Gasteiger charge is -2.10. The SMILES string of the molecule is Cn1c(-c2ccccc2)c(C(=O)CSc2nnnn2C[C@@H]2CCCO2)c2ccccc21. The average Bonchev–Trinajstić information content (AvgIpc) is 3.54. The number of hydrogen-bond acceptors (Lipinski definition) is 6. The van der Waals surface area contributed by atoms with Crippen molar-refractivity contribution in [3.63, 3.8) is 0 Å². The Morgan fingerprint density at radius 1 is 1.16 bits per heavy atom. The van der Waals surface area contributed by atoms with Gasteiger partial charge in [-0.3, -0.25) is 4.79 Å². The van der Waals surface area contributed by atoms with Gasteiger partial charge in [-0.25, -0.2) is 4.68 Å². The first-order valence-corrected chi connectivity index (χ1v) is 11.4. The van der Waals surface area contributed by atoms with E-state index in [1.165, 1.54) is 11.8 Å². The van der Waals surface area contributed by atoms with Crippen LogP contribution in [0.2, 0.25) is 0 Å². The van der Waals surface area contributed by atoms with Crippen molar-refractivity contribution in [3.05, 3.63) is 60.2 Å². The van der Waals surface area contributed by atoms with E-state index in [9.17, 15) is 4.79 Å². The molecular formula is C23H23N5O2S. The van der Waals surface area contributed by atoms with Crippen LogP contribution < -0.4 is 0 Å². The van der Waals surface area contributed by atoms with Gasteiger partial charge < -0.3 is 9.30 Å². The summed E-state index contributed by atoms with van der Waals surface area (Å²) in [4.78, 5) is 13.5. The first-order valence-electron chi connectivity index (χ1n) is 10.4. The van der Waals surface area contributed by atoms with Gasteiger partial charge in [0, 0.05) is 24.6 Å². The van der Waals surface area contributed by atoms with Crippen molar-refractivity contribution >= 4 is 28.4 Å². The third-order valence-electron chi connectivity index (χ3n) is 5.66. The van der Waals surface area contributed by atoms with Crippen molar-refractivity contribution < 1.29 is 9.53 Å². The number of benzene rings is 2. The van der Waals surface area contributed by atoms with Crippen LogP contribution in [0, 0.1) is 0 Å². The monoisotopic (exact) mass is 433 g/mol. The van der Waals surface area contributed by atoms with E-state index < -0.39 is 0 Å². The zero-order chi connectivity index (χ0) is 21.2. The van der Waals surface area contributed by atoms with Crippen LogP contribution in [0.15, 0.2) is 59.8 Å². The van der Waals surface area contributed by atoms with Crippen molar-refractivity contribution in [2.45, 2.75) is 30.6 Å². The van der Waals surface area contributed by atoms with Gasteiger partial charge in [0.2, 0.25) is 5.16 Å². The second kappa shape index (κ2) is 8.64. The molecule has 3 heterocycles. The molecule has 5 rings (SSSR count). The van der Waals surface area contributed by atoms with Gasteiger partial charge in [-0.15, -0.1) is 5.10 Å². The van der Waals surface area contributed by atoms with Crippen LogP contribution in [0.4, 0.5) is 0 Å². The average molecular weight is 434 g/mol. The number of carbonyl (C=O) groups is 1. The molecule has 2 aromatic heterocycles. The summed E-state index contributed by atoms with van der Waals surface area (Å²) in [7, 11) is 2.01. The number of nitrogens with zero attached hydrogens (tertiary/aromatic N) is 5. The van der Waals surface area contributed by atoms with E-state index in [1.54, 1.807) is 4.68 Å². The van der Waals surface area contributed by atoms with Gasteiger partial charge in [0.05, 0.1) is 29.7 Å². The van der Waals surface area contributed by atoms with Gasteiger partial charge in [0.25, 0.3) is 0 Å². The topological polar surface area (TPSA) is 74.8 Å². The molecule has 0 unspecified atom stereocenters. The molecule has 8 heteroatoms. The molecule has 1 fully saturated rings. The Labute approximate surface area is 184 Å². The Morgan fingerprint density at radius 2 is 1.97 bits per heavy atom. The molecule has 4 aromatic rings. The molecule has 1 saturated heterocycles. The van der Waals surface area contributed by atoms with E-state index >= 15 is 0 Å². The lowest BCUT2D eigenvalue weighted by Crippen LogP contribution is -2.17. The predicted molar refractivity (Wildman–Crippen MR) is 120 cm³/mol. The molecular weight excluding hydrogens is 410 g/mol. The highest BCUT2D eigenvalue weighted by Gasteiger charge is 2.24. The minimum Gasteiger partial charge on any atom is -0.376 e. The van der Waals surface area contributed by atoms with Crippen LogP contribution >= 0.6 is 11.8 Å². The maximum atomic E-state index is 13.5. The number of hydrogen-bond donors (Lipinski definition) is 0. The quantitative estimate of drug-likeness (QED) is 0.324. The molecule has 158 valence electrons. The van der Waals surface area contributed by atoms with Crippen molar-refractivity contribution in [1.82, 2.24) is 24.8 Å². The maximum Gasteiger partial charge on any atom is 0.209 e. The van der Waals surface area contributed by atoms with E-state index in [-0.39, 0.29) is 17.6 Å². The fourth-order valence-electron chi connectivity index (χ4n) is 4.21. The summed E-state index contributed by atoms with van der Waals surface area (Å²) in [5.41, 5.74) is 3.75. The standard InChI is InChI=1S/C23H23N5O2S/c1-27-19-12-6-5-11-18(19)21(22(27)16-8-3-2-4-9-16)20(29)15-31-23-24-25-26-28(23)14-17-10-7-13-30-17/h2-6,8-9,11-12,17H,7,10,13-15H2,1H3/t17-/m0/s1. The molecule has 1 aliphatic rings. The van der Waals surface area contributed by atoms with E-state index in [4.69, 9.17) is 4.74 Å². The minimum absolute atomic E-state index is 0.0623. The van der Waals surface area contributed by atoms with Crippen LogP contribution in [-0.2, 0) is 18.3 Å². The Morgan fingerprint density at radius 3 is 2.77 bits per heavy atom. The second-order valence-electron chi connectivity index (χ2n) is 7.66. The summed E-state index contributed by atoms with van der Waals surface area (Å²) in [5, 5.41) is 13.6. The first kappa shape index (κ1) is 20.0. The second-order valence-corrected chi connectivity index (χ2v) is 8.60. The van der Waals surface area contributed by atoms with Gasteiger partial charge in [0.1, 0.15) is 0 Å². The van der Waals surface area contributed by atoms with Crippen LogP contribution in [0.5, 0.6) is 0 Å². The van der Waals surface area contributed by atoms with Crippen molar-refractivity contribution in [2.75, 3.05) is 12.4 Å². The molecule has 0 bridgehead atoms. The molecule has 0 aliphatic carbocycles. The molecule has 2 aromatic carbocycles. The van der Waals surface area contributed by atoms with E-state index in [0.717, 1.165) is 47.2 Å². The van der Waals surface area contributed by atoms with Crippen molar-refractivity contribution in [1.29, 1.82) is 0 Å². The molecule has 0 spiro atoms. The molecule has 1 atom stereocenters. The van der Waals surface area contributed by atoms with Gasteiger partial charge >= 0.3 is 0 Å².